The predicted molar refractivity (Wildman–Crippen MR) is 321 cm³/mol. The zero-order valence-corrected chi connectivity index (χ0v) is 49.6. The molecule has 0 heterocycles. The monoisotopic (exact) mass is 1040 g/mol. The van der Waals surface area contributed by atoms with Crippen LogP contribution in [0, 0.1) is 0 Å². The minimum Gasteiger partial charge on any atom is -0.481 e. The Labute approximate surface area is 450 Å². The van der Waals surface area contributed by atoms with Crippen molar-refractivity contribution < 1.29 is 23.2 Å². The highest BCUT2D eigenvalue weighted by Gasteiger charge is 2.56. The number of unbranched alkanes of at least 4 members (excludes halogenated alkanes) is 6. The molecule has 0 amide bonds. The predicted octanol–water partition coefficient (Wildman–Crippen LogP) is 13.8. The number of aliphatic carboxylic acids is 1. The first-order valence-electron chi connectivity index (χ1n) is 27.7. The number of carboxylic acid groups (broad SMARTS) is 1. The van der Waals surface area contributed by atoms with Gasteiger partial charge in [0.2, 0.25) is 0 Å². The number of rotatable bonds is 27. The zero-order valence-electron chi connectivity index (χ0n) is 46.6. The molecule has 0 spiro atoms. The molecule has 0 saturated carbocycles. The molecule has 394 valence electrons. The second-order valence-corrected chi connectivity index (χ2v) is 36.2. The first-order valence-corrected chi connectivity index (χ1v) is 33.4. The Morgan fingerprint density at radius 1 is 0.419 bits per heavy atom. The van der Waals surface area contributed by atoms with Gasteiger partial charge >= 0.3 is 5.97 Å². The largest absolute Gasteiger partial charge is 0.481 e. The van der Waals surface area contributed by atoms with Gasteiger partial charge in [0.25, 0.3) is 25.0 Å². The molecule has 3 atom stereocenters. The summed E-state index contributed by atoms with van der Waals surface area (Å²) in [5.41, 5.74) is 0. The van der Waals surface area contributed by atoms with Gasteiger partial charge < -0.3 is 18.4 Å². The van der Waals surface area contributed by atoms with Crippen molar-refractivity contribution in [3.05, 3.63) is 194 Å². The summed E-state index contributed by atoms with van der Waals surface area (Å²) in [7, 11) is -9.36. The van der Waals surface area contributed by atoms with E-state index in [4.69, 9.17) is 13.3 Å². The lowest BCUT2D eigenvalue weighted by Crippen LogP contribution is -2.71. The fraction of sp³-hybridized carbons (Fsp3) is 0.409. The summed E-state index contributed by atoms with van der Waals surface area (Å²) in [6.07, 6.45) is 13.2. The summed E-state index contributed by atoms with van der Waals surface area (Å²) in [5.74, 6) is -0.726. The van der Waals surface area contributed by atoms with E-state index in [1.54, 1.807) is 0 Å². The van der Waals surface area contributed by atoms with Crippen LogP contribution in [0.5, 0.6) is 0 Å². The number of hydrogen-bond donors (Lipinski definition) is 1. The maximum atomic E-state index is 11.4. The molecule has 1 unspecified atom stereocenters. The van der Waals surface area contributed by atoms with Gasteiger partial charge in [0.1, 0.15) is 0 Å². The molecule has 0 aliphatic rings. The van der Waals surface area contributed by atoms with Crippen molar-refractivity contribution in [3.8, 4) is 0 Å². The Balaban J connectivity index is 1.63. The van der Waals surface area contributed by atoms with Crippen LogP contribution in [-0.2, 0) is 18.1 Å². The molecule has 6 rings (SSSR count). The third-order valence-electron chi connectivity index (χ3n) is 15.1. The minimum atomic E-state index is -3.20. The van der Waals surface area contributed by atoms with E-state index in [0.717, 1.165) is 57.8 Å². The summed E-state index contributed by atoms with van der Waals surface area (Å²) in [5, 5.41) is 16.1. The summed E-state index contributed by atoms with van der Waals surface area (Å²) < 4.78 is 25.0. The Morgan fingerprint density at radius 3 is 1.07 bits per heavy atom. The maximum Gasteiger partial charge on any atom is 0.303 e. The molecule has 5 nitrogen and oxygen atoms in total. The molecule has 74 heavy (non-hydrogen) atoms. The van der Waals surface area contributed by atoms with Crippen molar-refractivity contribution in [2.45, 2.75) is 173 Å². The van der Waals surface area contributed by atoms with Gasteiger partial charge in [-0.15, -0.1) is 0 Å². The topological polar surface area (TPSA) is 65.0 Å². The van der Waals surface area contributed by atoms with Crippen LogP contribution < -0.4 is 31.1 Å². The van der Waals surface area contributed by atoms with Crippen LogP contribution in [0.1, 0.15) is 140 Å². The lowest BCUT2D eigenvalue weighted by molar-refractivity contribution is -0.137. The van der Waals surface area contributed by atoms with Crippen molar-refractivity contribution in [1.29, 1.82) is 0 Å². The van der Waals surface area contributed by atoms with Gasteiger partial charge in [-0.3, -0.25) is 4.79 Å². The first-order chi connectivity index (χ1) is 35.4. The van der Waals surface area contributed by atoms with Crippen molar-refractivity contribution in [3.63, 3.8) is 0 Å². The summed E-state index contributed by atoms with van der Waals surface area (Å²) >= 11 is 0. The standard InChI is InChI=1S/C66H88O5Si3/c1-11-12-22-50-61(70-73(65(5,6)7,57-42-28-18-29-43-57)58-44-30-19-31-45-58)62(71-74(66(8,9)10,59-46-32-20-33-47-59)60-48-34-21-35-49-60)53-52-54(37-23-14-13-15-36-51-63(67)68)69-72(64(2,3)4,55-38-24-16-25-39-55)56-40-26-17-27-41-56/h16-21,24-35,38-49,52-54,61-62H,11-15,22-23,36-37,50-51H2,1-10H3,(H,67,68)/b53-52+/t54-,61-,62?/m0/s1. The summed E-state index contributed by atoms with van der Waals surface area (Å²) in [6, 6.07) is 66.3. The molecular formula is C66H88O5Si3. The van der Waals surface area contributed by atoms with E-state index in [9.17, 15) is 9.90 Å². The van der Waals surface area contributed by atoms with Gasteiger partial charge in [-0.25, -0.2) is 0 Å². The van der Waals surface area contributed by atoms with Crippen LogP contribution in [-0.4, -0.2) is 54.3 Å². The number of carbonyl (C=O) groups is 1. The SMILES string of the molecule is CCCCC[C@H](O[Si](c1ccccc1)(c1ccccc1)C(C)(C)C)C(/C=C/[C@H](CCCCCCCC(=O)O)O[Si](c1ccccc1)(c1ccccc1)C(C)(C)C)O[Si](c1ccccc1)(c1ccccc1)C(C)(C)C. The van der Waals surface area contributed by atoms with E-state index in [-0.39, 0.29) is 33.7 Å². The van der Waals surface area contributed by atoms with Crippen LogP contribution in [0.4, 0.5) is 0 Å². The van der Waals surface area contributed by atoms with Crippen LogP contribution in [0.15, 0.2) is 194 Å². The fourth-order valence-corrected chi connectivity index (χ4v) is 25.5. The Morgan fingerprint density at radius 2 is 0.730 bits per heavy atom. The molecule has 0 aliphatic heterocycles. The molecular weight excluding hydrogens is 957 g/mol. The molecule has 6 aromatic carbocycles. The molecule has 0 aliphatic carbocycles. The maximum absolute atomic E-state index is 11.4. The average molecular weight is 1050 g/mol. The molecule has 0 saturated heterocycles. The highest BCUT2D eigenvalue weighted by atomic mass is 28.4. The third-order valence-corrected chi connectivity index (χ3v) is 30.2. The Kier molecular flexibility index (Phi) is 21.0. The van der Waals surface area contributed by atoms with Crippen molar-refractivity contribution in [2.24, 2.45) is 0 Å². The smallest absolute Gasteiger partial charge is 0.303 e. The number of hydrogen-bond acceptors (Lipinski definition) is 4. The molecule has 0 aromatic heterocycles. The summed E-state index contributed by atoms with van der Waals surface area (Å²) in [4.78, 5) is 11.4. The zero-order chi connectivity index (χ0) is 53.3. The van der Waals surface area contributed by atoms with Gasteiger partial charge in [-0.2, -0.15) is 0 Å². The number of carboxylic acids is 1. The molecule has 0 bridgehead atoms. The first kappa shape index (κ1) is 58.3. The quantitative estimate of drug-likeness (QED) is 0.0316. The lowest BCUT2D eigenvalue weighted by Gasteiger charge is -2.49. The fourth-order valence-electron chi connectivity index (χ4n) is 11.4. The van der Waals surface area contributed by atoms with E-state index >= 15 is 0 Å². The van der Waals surface area contributed by atoms with Gasteiger partial charge in [0.15, 0.2) is 0 Å². The van der Waals surface area contributed by atoms with Crippen LogP contribution in [0.25, 0.3) is 0 Å². The van der Waals surface area contributed by atoms with Gasteiger partial charge in [-0.1, -0.05) is 308 Å². The van der Waals surface area contributed by atoms with E-state index in [1.807, 2.05) is 0 Å². The van der Waals surface area contributed by atoms with Gasteiger partial charge in [0, 0.05) is 6.42 Å². The third kappa shape index (κ3) is 13.9. The molecule has 8 heteroatoms. The minimum absolute atomic E-state index is 0.213. The van der Waals surface area contributed by atoms with Crippen molar-refractivity contribution >= 4 is 62.0 Å². The lowest BCUT2D eigenvalue weighted by atomic mass is 10.0. The van der Waals surface area contributed by atoms with Crippen molar-refractivity contribution in [1.82, 2.24) is 0 Å². The second kappa shape index (κ2) is 26.7. The average Bonchev–Trinajstić information content (AvgIpc) is 3.39. The van der Waals surface area contributed by atoms with Crippen LogP contribution in [0.2, 0.25) is 15.1 Å². The molecule has 0 radical (unpaired) electrons. The second-order valence-electron chi connectivity index (χ2n) is 23.5. The van der Waals surface area contributed by atoms with E-state index in [0.29, 0.717) is 6.42 Å². The van der Waals surface area contributed by atoms with E-state index < -0.39 is 37.0 Å². The molecule has 0 fully saturated rings. The van der Waals surface area contributed by atoms with Gasteiger partial charge in [0.05, 0.1) is 18.3 Å². The Bertz CT molecular complexity index is 2450. The Hall–Kier alpha value is -4.94. The highest BCUT2D eigenvalue weighted by Crippen LogP contribution is 2.43. The number of benzene rings is 6. The molecule has 1 N–H and O–H groups in total. The van der Waals surface area contributed by atoms with E-state index in [2.05, 4.69) is 263 Å². The highest BCUT2D eigenvalue weighted by molar-refractivity contribution is 7.01. The van der Waals surface area contributed by atoms with Crippen LogP contribution in [0.3, 0.4) is 0 Å². The van der Waals surface area contributed by atoms with Crippen LogP contribution >= 0.6 is 0 Å². The van der Waals surface area contributed by atoms with Crippen molar-refractivity contribution in [2.75, 3.05) is 0 Å². The van der Waals surface area contributed by atoms with E-state index in [1.165, 1.54) is 31.1 Å². The molecule has 6 aromatic rings. The summed E-state index contributed by atoms with van der Waals surface area (Å²) in [6.45, 7) is 23.6. The van der Waals surface area contributed by atoms with Gasteiger partial charge in [-0.05, 0) is 65.5 Å². The normalized spacial score (nSPS) is 14.2.